The molecule has 0 fully saturated rings. The van der Waals surface area contributed by atoms with Crippen molar-refractivity contribution in [1.29, 1.82) is 0 Å². The van der Waals surface area contributed by atoms with Crippen LogP contribution in [0.2, 0.25) is 0 Å². The second-order valence-corrected chi connectivity index (χ2v) is 4.57. The molecule has 0 amide bonds. The quantitative estimate of drug-likeness (QED) is 0.827. The number of hydrogen-bond donors (Lipinski definition) is 0. The Hall–Kier alpha value is -1.97. The molecule has 19 heavy (non-hydrogen) atoms. The highest BCUT2D eigenvalue weighted by Crippen LogP contribution is 2.32. The molecule has 1 aromatic heterocycles. The Morgan fingerprint density at radius 3 is 2.68 bits per heavy atom. The van der Waals surface area contributed by atoms with E-state index in [1.165, 1.54) is 0 Å². The molecule has 0 atom stereocenters. The van der Waals surface area contributed by atoms with Gasteiger partial charge >= 0.3 is 0 Å². The van der Waals surface area contributed by atoms with Crippen molar-refractivity contribution < 1.29 is 9.47 Å². The monoisotopic (exact) mass is 260 g/mol. The van der Waals surface area contributed by atoms with Crippen LogP contribution in [-0.2, 0) is 6.54 Å². The van der Waals surface area contributed by atoms with E-state index in [1.54, 1.807) is 7.11 Å². The third-order valence-electron chi connectivity index (χ3n) is 2.84. The lowest BCUT2D eigenvalue weighted by atomic mass is 10.2. The summed E-state index contributed by atoms with van der Waals surface area (Å²) in [6.07, 6.45) is 3.90. The van der Waals surface area contributed by atoms with Gasteiger partial charge in [-0.3, -0.25) is 0 Å². The molecule has 0 spiro atoms. The van der Waals surface area contributed by atoms with Crippen molar-refractivity contribution in [1.82, 2.24) is 9.55 Å². The molecular formula is C15H20N2O2. The van der Waals surface area contributed by atoms with Gasteiger partial charge in [-0.2, -0.15) is 0 Å². The highest BCUT2D eigenvalue weighted by atomic mass is 16.5. The van der Waals surface area contributed by atoms with Gasteiger partial charge in [0.05, 0.1) is 13.2 Å². The minimum absolute atomic E-state index is 0.123. The van der Waals surface area contributed by atoms with Crippen LogP contribution in [0.1, 0.15) is 20.8 Å². The standard InChI is InChI=1S/C15H20N2O2/c1-5-17-9-8-16-15(17)12-6-7-13(19-11(2)3)14(10-12)18-4/h6-11H,5H2,1-4H3. The molecule has 0 saturated heterocycles. The largest absolute Gasteiger partial charge is 0.493 e. The first-order valence-corrected chi connectivity index (χ1v) is 6.52. The number of hydrogen-bond acceptors (Lipinski definition) is 3. The second-order valence-electron chi connectivity index (χ2n) is 4.57. The highest BCUT2D eigenvalue weighted by Gasteiger charge is 2.11. The van der Waals surface area contributed by atoms with Gasteiger partial charge in [0.15, 0.2) is 11.5 Å². The summed E-state index contributed by atoms with van der Waals surface area (Å²) in [5.74, 6) is 2.43. The van der Waals surface area contributed by atoms with Crippen LogP contribution < -0.4 is 9.47 Å². The number of aryl methyl sites for hydroxylation is 1. The zero-order valence-corrected chi connectivity index (χ0v) is 11.9. The van der Waals surface area contributed by atoms with Crippen LogP contribution in [0, 0.1) is 0 Å². The van der Waals surface area contributed by atoms with E-state index in [1.807, 2.05) is 44.4 Å². The molecule has 0 unspecified atom stereocenters. The van der Waals surface area contributed by atoms with Crippen LogP contribution >= 0.6 is 0 Å². The maximum Gasteiger partial charge on any atom is 0.161 e. The van der Waals surface area contributed by atoms with Crippen LogP contribution in [0.4, 0.5) is 0 Å². The van der Waals surface area contributed by atoms with E-state index in [4.69, 9.17) is 9.47 Å². The summed E-state index contributed by atoms with van der Waals surface area (Å²) in [7, 11) is 1.65. The molecule has 0 saturated carbocycles. The molecule has 2 aromatic rings. The number of imidazole rings is 1. The van der Waals surface area contributed by atoms with Crippen LogP contribution in [-0.4, -0.2) is 22.8 Å². The van der Waals surface area contributed by atoms with Gasteiger partial charge in [0.25, 0.3) is 0 Å². The Bertz CT molecular complexity index is 547. The summed E-state index contributed by atoms with van der Waals surface area (Å²) in [5, 5.41) is 0. The SMILES string of the molecule is CCn1ccnc1-c1ccc(OC(C)C)c(OC)c1. The number of nitrogens with zero attached hydrogens (tertiary/aromatic N) is 2. The van der Waals surface area contributed by atoms with Crippen LogP contribution in [0.3, 0.4) is 0 Å². The van der Waals surface area contributed by atoms with Gasteiger partial charge in [0, 0.05) is 24.5 Å². The molecule has 0 aliphatic rings. The first kappa shape index (κ1) is 13.5. The fraction of sp³-hybridized carbons (Fsp3) is 0.400. The second kappa shape index (κ2) is 5.78. The zero-order valence-electron chi connectivity index (χ0n) is 11.9. The summed E-state index contributed by atoms with van der Waals surface area (Å²) in [4.78, 5) is 4.39. The average Bonchev–Trinajstić information content (AvgIpc) is 2.87. The minimum Gasteiger partial charge on any atom is -0.493 e. The predicted molar refractivity (Wildman–Crippen MR) is 75.7 cm³/mol. The number of rotatable bonds is 5. The van der Waals surface area contributed by atoms with Crippen LogP contribution in [0.25, 0.3) is 11.4 Å². The van der Waals surface area contributed by atoms with Crippen molar-refractivity contribution in [2.75, 3.05) is 7.11 Å². The Morgan fingerprint density at radius 1 is 1.26 bits per heavy atom. The van der Waals surface area contributed by atoms with Gasteiger partial charge < -0.3 is 14.0 Å². The molecule has 0 N–H and O–H groups in total. The van der Waals surface area contributed by atoms with Crippen molar-refractivity contribution >= 4 is 0 Å². The summed E-state index contributed by atoms with van der Waals surface area (Å²) in [5.41, 5.74) is 1.03. The van der Waals surface area contributed by atoms with Gasteiger partial charge in [-0.05, 0) is 39.0 Å². The number of aromatic nitrogens is 2. The number of ether oxygens (including phenoxy) is 2. The summed E-state index contributed by atoms with van der Waals surface area (Å²) < 4.78 is 13.2. The molecule has 102 valence electrons. The van der Waals surface area contributed by atoms with E-state index in [9.17, 15) is 0 Å². The first-order valence-electron chi connectivity index (χ1n) is 6.52. The third kappa shape index (κ3) is 2.89. The van der Waals surface area contributed by atoms with Crippen molar-refractivity contribution in [3.05, 3.63) is 30.6 Å². The summed E-state index contributed by atoms with van der Waals surface area (Å²) in [6, 6.07) is 5.91. The van der Waals surface area contributed by atoms with E-state index < -0.39 is 0 Å². The maximum absolute atomic E-state index is 5.71. The lowest BCUT2D eigenvalue weighted by Gasteiger charge is -2.14. The molecule has 0 aliphatic heterocycles. The van der Waals surface area contributed by atoms with Crippen LogP contribution in [0.15, 0.2) is 30.6 Å². The van der Waals surface area contributed by atoms with Gasteiger partial charge in [0.2, 0.25) is 0 Å². The summed E-state index contributed by atoms with van der Waals surface area (Å²) in [6.45, 7) is 6.98. The van der Waals surface area contributed by atoms with E-state index in [0.29, 0.717) is 0 Å². The van der Waals surface area contributed by atoms with Crippen molar-refractivity contribution in [2.24, 2.45) is 0 Å². The number of benzene rings is 1. The van der Waals surface area contributed by atoms with Gasteiger partial charge in [0.1, 0.15) is 5.82 Å². The Balaban J connectivity index is 2.39. The number of methoxy groups -OCH3 is 1. The Kier molecular flexibility index (Phi) is 4.10. The topological polar surface area (TPSA) is 36.3 Å². The molecule has 0 bridgehead atoms. The molecular weight excluding hydrogens is 240 g/mol. The summed E-state index contributed by atoms with van der Waals surface area (Å²) >= 11 is 0. The minimum atomic E-state index is 0.123. The normalized spacial score (nSPS) is 10.8. The van der Waals surface area contributed by atoms with Gasteiger partial charge in [-0.15, -0.1) is 0 Å². The Morgan fingerprint density at radius 2 is 2.05 bits per heavy atom. The fourth-order valence-corrected chi connectivity index (χ4v) is 1.98. The Labute approximate surface area is 114 Å². The lowest BCUT2D eigenvalue weighted by Crippen LogP contribution is -2.06. The molecule has 1 aromatic carbocycles. The van der Waals surface area contributed by atoms with E-state index in [0.717, 1.165) is 29.4 Å². The van der Waals surface area contributed by atoms with E-state index in [2.05, 4.69) is 16.5 Å². The van der Waals surface area contributed by atoms with E-state index >= 15 is 0 Å². The molecule has 1 heterocycles. The van der Waals surface area contributed by atoms with Gasteiger partial charge in [-0.25, -0.2) is 4.98 Å². The zero-order chi connectivity index (χ0) is 13.8. The van der Waals surface area contributed by atoms with Crippen molar-refractivity contribution in [3.63, 3.8) is 0 Å². The third-order valence-corrected chi connectivity index (χ3v) is 2.84. The molecule has 2 rings (SSSR count). The predicted octanol–water partition coefficient (Wildman–Crippen LogP) is 3.37. The molecule has 0 aliphatic carbocycles. The average molecular weight is 260 g/mol. The van der Waals surface area contributed by atoms with E-state index in [-0.39, 0.29) is 6.10 Å². The molecule has 4 nitrogen and oxygen atoms in total. The van der Waals surface area contributed by atoms with Crippen LogP contribution in [0.5, 0.6) is 11.5 Å². The maximum atomic E-state index is 5.71. The first-order chi connectivity index (χ1) is 9.15. The van der Waals surface area contributed by atoms with Crippen molar-refractivity contribution in [2.45, 2.75) is 33.4 Å². The van der Waals surface area contributed by atoms with Gasteiger partial charge in [-0.1, -0.05) is 0 Å². The fourth-order valence-electron chi connectivity index (χ4n) is 1.98. The van der Waals surface area contributed by atoms with Crippen molar-refractivity contribution in [3.8, 4) is 22.9 Å². The molecule has 4 heteroatoms. The highest BCUT2D eigenvalue weighted by molar-refractivity contribution is 5.61. The molecule has 0 radical (unpaired) electrons. The smallest absolute Gasteiger partial charge is 0.161 e. The lowest BCUT2D eigenvalue weighted by molar-refractivity contribution is 0.230.